The fourth-order valence-electron chi connectivity index (χ4n) is 3.98. The predicted molar refractivity (Wildman–Crippen MR) is 67.8 cm³/mol. The van der Waals surface area contributed by atoms with Crippen molar-refractivity contribution in [2.45, 2.75) is 25.4 Å². The van der Waals surface area contributed by atoms with Gasteiger partial charge in [-0.2, -0.15) is 0 Å². The Morgan fingerprint density at radius 1 is 1.17 bits per heavy atom. The molecule has 0 saturated heterocycles. The van der Waals surface area contributed by atoms with Crippen LogP contribution in [0.1, 0.15) is 19.3 Å². The number of fused-ring (bicyclic) bond motifs is 5. The van der Waals surface area contributed by atoms with Crippen molar-refractivity contribution in [2.75, 3.05) is 13.2 Å². The third-order valence-electron chi connectivity index (χ3n) is 4.72. The average Bonchev–Trinajstić information content (AvgIpc) is 3.05. The number of carbonyl (C=O) groups excluding carboxylic acids is 1. The molecule has 3 nitrogen and oxygen atoms in total. The number of hydrogen-bond acceptors (Lipinski definition) is 3. The van der Waals surface area contributed by atoms with E-state index >= 15 is 0 Å². The van der Waals surface area contributed by atoms with Crippen LogP contribution in [0.2, 0.25) is 0 Å². The first-order chi connectivity index (χ1) is 8.78. The standard InChI is InChI=1S/C15H20O3/c1-2-15(16)18-6-5-17-12-8-13-10-3-4-11(7-10)14(13)9-12/h2-4,10-14H,1,5-9H2. The van der Waals surface area contributed by atoms with Gasteiger partial charge >= 0.3 is 5.97 Å². The van der Waals surface area contributed by atoms with Crippen LogP contribution in [0.25, 0.3) is 0 Å². The minimum absolute atomic E-state index is 0.335. The van der Waals surface area contributed by atoms with Gasteiger partial charge in [-0.05, 0) is 42.9 Å². The van der Waals surface area contributed by atoms with Gasteiger partial charge in [0.15, 0.2) is 0 Å². The molecule has 2 saturated carbocycles. The van der Waals surface area contributed by atoms with Crippen LogP contribution in [0.4, 0.5) is 0 Å². The minimum atomic E-state index is -0.371. The fourth-order valence-corrected chi connectivity index (χ4v) is 3.98. The van der Waals surface area contributed by atoms with Crippen molar-refractivity contribution in [2.24, 2.45) is 23.7 Å². The Morgan fingerprint density at radius 2 is 1.83 bits per heavy atom. The van der Waals surface area contributed by atoms with Gasteiger partial charge in [0, 0.05) is 6.08 Å². The lowest BCUT2D eigenvalue weighted by Crippen LogP contribution is -2.16. The molecule has 0 amide bonds. The van der Waals surface area contributed by atoms with Gasteiger partial charge < -0.3 is 9.47 Å². The highest BCUT2D eigenvalue weighted by atomic mass is 16.6. The molecule has 3 aliphatic rings. The SMILES string of the molecule is C=CC(=O)OCCOC1CC2C3C=CC(C3)C2C1. The molecule has 0 aromatic rings. The van der Waals surface area contributed by atoms with E-state index in [9.17, 15) is 4.79 Å². The molecule has 0 heterocycles. The summed E-state index contributed by atoms with van der Waals surface area (Å²) in [7, 11) is 0. The maximum atomic E-state index is 10.9. The van der Waals surface area contributed by atoms with E-state index in [1.807, 2.05) is 0 Å². The maximum Gasteiger partial charge on any atom is 0.330 e. The highest BCUT2D eigenvalue weighted by molar-refractivity contribution is 5.81. The summed E-state index contributed by atoms with van der Waals surface area (Å²) in [5, 5.41) is 0. The summed E-state index contributed by atoms with van der Waals surface area (Å²) in [4.78, 5) is 10.9. The highest BCUT2D eigenvalue weighted by Crippen LogP contribution is 2.55. The van der Waals surface area contributed by atoms with Gasteiger partial charge in [0.05, 0.1) is 12.7 Å². The van der Waals surface area contributed by atoms with Crippen molar-refractivity contribution in [1.82, 2.24) is 0 Å². The van der Waals surface area contributed by atoms with Crippen LogP contribution in [0.3, 0.4) is 0 Å². The molecule has 3 rings (SSSR count). The topological polar surface area (TPSA) is 35.5 Å². The second-order valence-corrected chi connectivity index (χ2v) is 5.61. The minimum Gasteiger partial charge on any atom is -0.460 e. The number of allylic oxidation sites excluding steroid dienone is 2. The van der Waals surface area contributed by atoms with E-state index in [-0.39, 0.29) is 5.97 Å². The molecule has 3 heteroatoms. The summed E-state index contributed by atoms with van der Waals surface area (Å²) in [6.45, 7) is 4.20. The molecule has 0 aromatic heterocycles. The zero-order valence-corrected chi connectivity index (χ0v) is 10.6. The second kappa shape index (κ2) is 4.88. The van der Waals surface area contributed by atoms with E-state index in [0.29, 0.717) is 19.3 Å². The molecule has 98 valence electrons. The number of esters is 1. The number of hydrogen-bond donors (Lipinski definition) is 0. The summed E-state index contributed by atoms with van der Waals surface area (Å²) in [6, 6.07) is 0. The molecule has 4 atom stereocenters. The normalized spacial score (nSPS) is 39.9. The lowest BCUT2D eigenvalue weighted by atomic mass is 9.86. The van der Waals surface area contributed by atoms with Gasteiger partial charge in [0.1, 0.15) is 6.61 Å². The van der Waals surface area contributed by atoms with Crippen LogP contribution in [-0.4, -0.2) is 25.3 Å². The average molecular weight is 248 g/mol. The molecule has 0 radical (unpaired) electrons. The van der Waals surface area contributed by atoms with Gasteiger partial charge in [0.2, 0.25) is 0 Å². The van der Waals surface area contributed by atoms with E-state index in [2.05, 4.69) is 18.7 Å². The van der Waals surface area contributed by atoms with Crippen molar-refractivity contribution in [3.8, 4) is 0 Å². The Hall–Kier alpha value is -1.09. The smallest absolute Gasteiger partial charge is 0.330 e. The van der Waals surface area contributed by atoms with Crippen molar-refractivity contribution in [1.29, 1.82) is 0 Å². The Bertz CT molecular complexity index is 354. The van der Waals surface area contributed by atoms with Crippen LogP contribution in [0.15, 0.2) is 24.8 Å². The van der Waals surface area contributed by atoms with Crippen molar-refractivity contribution in [3.63, 3.8) is 0 Å². The first kappa shape index (κ1) is 12.0. The van der Waals surface area contributed by atoms with Gasteiger partial charge in [-0.3, -0.25) is 0 Å². The molecule has 0 N–H and O–H groups in total. The van der Waals surface area contributed by atoms with Crippen LogP contribution >= 0.6 is 0 Å². The molecule has 18 heavy (non-hydrogen) atoms. The zero-order valence-electron chi connectivity index (χ0n) is 10.6. The van der Waals surface area contributed by atoms with E-state index in [1.165, 1.54) is 25.3 Å². The molecule has 3 aliphatic carbocycles. The van der Waals surface area contributed by atoms with Gasteiger partial charge in [0.25, 0.3) is 0 Å². The zero-order chi connectivity index (χ0) is 12.5. The molecule has 2 bridgehead atoms. The summed E-state index contributed by atoms with van der Waals surface area (Å²) < 4.78 is 10.7. The third-order valence-corrected chi connectivity index (χ3v) is 4.72. The van der Waals surface area contributed by atoms with Crippen LogP contribution in [0.5, 0.6) is 0 Å². The maximum absolute atomic E-state index is 10.9. The summed E-state index contributed by atoms with van der Waals surface area (Å²) in [6.07, 6.45) is 10.1. The van der Waals surface area contributed by atoms with Crippen molar-refractivity contribution < 1.29 is 14.3 Å². The van der Waals surface area contributed by atoms with Crippen LogP contribution in [0, 0.1) is 23.7 Å². The van der Waals surface area contributed by atoms with Gasteiger partial charge in [-0.1, -0.05) is 18.7 Å². The number of carbonyl (C=O) groups is 1. The number of rotatable bonds is 5. The summed E-state index contributed by atoms with van der Waals surface area (Å²) >= 11 is 0. The Morgan fingerprint density at radius 3 is 2.44 bits per heavy atom. The van der Waals surface area contributed by atoms with E-state index in [1.54, 1.807) is 0 Å². The van der Waals surface area contributed by atoms with Crippen LogP contribution in [-0.2, 0) is 14.3 Å². The van der Waals surface area contributed by atoms with E-state index in [0.717, 1.165) is 23.7 Å². The van der Waals surface area contributed by atoms with Gasteiger partial charge in [-0.15, -0.1) is 0 Å². The number of ether oxygens (including phenoxy) is 2. The molecule has 0 aliphatic heterocycles. The highest BCUT2D eigenvalue weighted by Gasteiger charge is 2.49. The monoisotopic (exact) mass is 248 g/mol. The Kier molecular flexibility index (Phi) is 3.25. The quantitative estimate of drug-likeness (QED) is 0.324. The summed E-state index contributed by atoms with van der Waals surface area (Å²) in [5.74, 6) is 2.95. The van der Waals surface area contributed by atoms with E-state index < -0.39 is 0 Å². The fraction of sp³-hybridized carbons (Fsp3) is 0.667. The predicted octanol–water partition coefficient (Wildman–Crippen LogP) is 2.33. The van der Waals surface area contributed by atoms with Crippen LogP contribution < -0.4 is 0 Å². The molecular formula is C15H20O3. The van der Waals surface area contributed by atoms with Crippen molar-refractivity contribution in [3.05, 3.63) is 24.8 Å². The lowest BCUT2D eigenvalue weighted by Gasteiger charge is -2.18. The molecule has 2 fully saturated rings. The molecule has 0 spiro atoms. The first-order valence-electron chi connectivity index (χ1n) is 6.87. The largest absolute Gasteiger partial charge is 0.460 e. The molecule has 4 unspecified atom stereocenters. The molecule has 0 aromatic carbocycles. The van der Waals surface area contributed by atoms with E-state index in [4.69, 9.17) is 9.47 Å². The lowest BCUT2D eigenvalue weighted by molar-refractivity contribution is -0.139. The van der Waals surface area contributed by atoms with Crippen molar-refractivity contribution >= 4 is 5.97 Å². The second-order valence-electron chi connectivity index (χ2n) is 5.61. The third kappa shape index (κ3) is 2.12. The van der Waals surface area contributed by atoms with Gasteiger partial charge in [-0.25, -0.2) is 4.79 Å². The summed E-state index contributed by atoms with van der Waals surface area (Å²) in [5.41, 5.74) is 0. The Balaban J connectivity index is 1.39. The molecular weight excluding hydrogens is 228 g/mol. The Labute approximate surface area is 108 Å². The first-order valence-corrected chi connectivity index (χ1v) is 6.87.